The van der Waals surface area contributed by atoms with E-state index in [1.54, 1.807) is 6.07 Å². The molecule has 3 aliphatic heterocycles. The molecule has 1 N–H and O–H groups in total. The first kappa shape index (κ1) is 25.4. The minimum atomic E-state index is -4.63. The lowest BCUT2D eigenvalue weighted by Gasteiger charge is -2.40. The Balaban J connectivity index is 1.58. The lowest BCUT2D eigenvalue weighted by Crippen LogP contribution is -2.53. The van der Waals surface area contributed by atoms with Gasteiger partial charge in [-0.15, -0.1) is 0 Å². The topological polar surface area (TPSA) is 68.8 Å². The first-order chi connectivity index (χ1) is 17.5. The number of alkyl halides is 3. The number of piperidine rings is 1. The van der Waals surface area contributed by atoms with Gasteiger partial charge < -0.3 is 15.1 Å². The van der Waals surface area contributed by atoms with Gasteiger partial charge in [0, 0.05) is 38.2 Å². The first-order valence-electron chi connectivity index (χ1n) is 12.4. The fraction of sp³-hybridized carbons (Fsp3) is 0.500. The van der Waals surface area contributed by atoms with Gasteiger partial charge in [-0.05, 0) is 63.0 Å². The maximum Gasteiger partial charge on any atom is 0.416 e. The van der Waals surface area contributed by atoms with Crippen molar-refractivity contribution in [2.45, 2.75) is 38.4 Å². The average Bonchev–Trinajstić information content (AvgIpc) is 3.17. The van der Waals surface area contributed by atoms with Crippen molar-refractivity contribution >= 4 is 29.0 Å². The number of benzene rings is 1. The largest absolute Gasteiger partial charge is 0.416 e. The van der Waals surface area contributed by atoms with Crippen molar-refractivity contribution in [1.29, 1.82) is 0 Å². The number of likely N-dealkylation sites (N-methyl/N-ethyl adjacent to an activating group) is 1. The number of fused-ring (bicyclic) bond motifs is 2. The summed E-state index contributed by atoms with van der Waals surface area (Å²) in [6, 6.07) is 5.19. The van der Waals surface area contributed by atoms with E-state index in [0.717, 1.165) is 43.0 Å². The molecule has 7 nitrogen and oxygen atoms in total. The van der Waals surface area contributed by atoms with Crippen LogP contribution in [-0.2, 0) is 15.8 Å². The number of nitrogens with one attached hydrogen (secondary N) is 1. The highest BCUT2D eigenvalue weighted by atomic mass is 19.4. The number of pyridine rings is 1. The second-order valence-electron chi connectivity index (χ2n) is 10.1. The van der Waals surface area contributed by atoms with E-state index in [9.17, 15) is 22.8 Å². The maximum atomic E-state index is 15.3. The van der Waals surface area contributed by atoms with E-state index < -0.39 is 41.3 Å². The average molecular weight is 520 g/mol. The molecule has 1 unspecified atom stereocenters. The van der Waals surface area contributed by atoms with Crippen molar-refractivity contribution < 1.29 is 27.2 Å². The fourth-order valence-corrected chi connectivity index (χ4v) is 5.82. The predicted molar refractivity (Wildman–Crippen MR) is 131 cm³/mol. The monoisotopic (exact) mass is 519 g/mol. The van der Waals surface area contributed by atoms with Gasteiger partial charge in [0.15, 0.2) is 0 Å². The zero-order chi connectivity index (χ0) is 26.5. The van der Waals surface area contributed by atoms with E-state index in [4.69, 9.17) is 0 Å². The van der Waals surface area contributed by atoms with E-state index in [1.165, 1.54) is 31.0 Å². The number of halogens is 4. The Labute approximate surface area is 212 Å². The molecule has 198 valence electrons. The highest BCUT2D eigenvalue weighted by Crippen LogP contribution is 2.41. The number of para-hydroxylation sites is 1. The van der Waals surface area contributed by atoms with Crippen LogP contribution in [0.1, 0.15) is 30.5 Å². The van der Waals surface area contributed by atoms with Crippen molar-refractivity contribution in [3.63, 3.8) is 0 Å². The van der Waals surface area contributed by atoms with Gasteiger partial charge in [0.1, 0.15) is 17.7 Å². The Kier molecular flexibility index (Phi) is 6.59. The molecular formula is C26H29F4N5O2. The van der Waals surface area contributed by atoms with Crippen molar-refractivity contribution in [3.8, 4) is 0 Å². The molecule has 37 heavy (non-hydrogen) atoms. The van der Waals surface area contributed by atoms with E-state index in [0.29, 0.717) is 17.9 Å². The molecule has 2 fully saturated rings. The minimum absolute atomic E-state index is 0.0512. The zero-order valence-electron chi connectivity index (χ0n) is 20.7. The molecule has 2 saturated heterocycles. The molecule has 5 rings (SSSR count). The van der Waals surface area contributed by atoms with Gasteiger partial charge in [-0.25, -0.2) is 9.37 Å². The Hall–Kier alpha value is -3.21. The molecule has 0 bridgehead atoms. The van der Waals surface area contributed by atoms with Gasteiger partial charge in [0.25, 0.3) is 0 Å². The molecule has 0 radical (unpaired) electrons. The van der Waals surface area contributed by atoms with Crippen LogP contribution < -0.4 is 20.0 Å². The number of hydrogen-bond donors (Lipinski definition) is 1. The molecule has 4 heterocycles. The maximum absolute atomic E-state index is 15.3. The molecule has 2 aromatic rings. The van der Waals surface area contributed by atoms with Crippen LogP contribution >= 0.6 is 0 Å². The third kappa shape index (κ3) is 4.76. The Morgan fingerprint density at radius 1 is 1.19 bits per heavy atom. The zero-order valence-corrected chi connectivity index (χ0v) is 20.7. The predicted octanol–water partition coefficient (Wildman–Crippen LogP) is 3.75. The summed E-state index contributed by atoms with van der Waals surface area (Å²) < 4.78 is 55.9. The van der Waals surface area contributed by atoms with Gasteiger partial charge >= 0.3 is 6.18 Å². The number of aryl methyl sites for hydroxylation is 1. The van der Waals surface area contributed by atoms with Gasteiger partial charge in [-0.3, -0.25) is 14.5 Å². The van der Waals surface area contributed by atoms with E-state index in [-0.39, 0.29) is 30.4 Å². The number of hydrogen-bond acceptors (Lipinski definition) is 5. The first-order valence-corrected chi connectivity index (χ1v) is 12.4. The molecule has 3 aliphatic rings. The SMILES string of the molecule is Cc1cc(C(F)(F)F)cc(N2C(=O)C[C@@H]3CN(CC4CCCNC4)c4c(F)cccc4N(C)C(=O)[C@H]32)n1. The lowest BCUT2D eigenvalue weighted by atomic mass is 9.93. The van der Waals surface area contributed by atoms with Crippen molar-refractivity contribution in [2.75, 3.05) is 47.9 Å². The number of carbonyl (C=O) groups is 2. The summed E-state index contributed by atoms with van der Waals surface area (Å²) in [6.07, 6.45) is -2.72. The van der Waals surface area contributed by atoms with Gasteiger partial charge in [0.2, 0.25) is 11.8 Å². The van der Waals surface area contributed by atoms with E-state index in [2.05, 4.69) is 10.3 Å². The van der Waals surface area contributed by atoms with Crippen molar-refractivity contribution in [2.24, 2.45) is 11.8 Å². The summed E-state index contributed by atoms with van der Waals surface area (Å²) in [5.74, 6) is -1.93. The third-order valence-corrected chi connectivity index (χ3v) is 7.50. The van der Waals surface area contributed by atoms with Gasteiger partial charge in [0.05, 0.1) is 16.9 Å². The van der Waals surface area contributed by atoms with Crippen LogP contribution in [0.15, 0.2) is 30.3 Å². The summed E-state index contributed by atoms with van der Waals surface area (Å²) in [4.78, 5) is 35.6. The van der Waals surface area contributed by atoms with Crippen molar-refractivity contribution in [3.05, 3.63) is 47.4 Å². The number of amides is 2. The van der Waals surface area contributed by atoms with Crippen LogP contribution in [0.5, 0.6) is 0 Å². The van der Waals surface area contributed by atoms with E-state index >= 15 is 4.39 Å². The molecule has 11 heteroatoms. The third-order valence-electron chi connectivity index (χ3n) is 7.50. The molecule has 0 aliphatic carbocycles. The summed E-state index contributed by atoms with van der Waals surface area (Å²) in [5.41, 5.74) is -0.177. The van der Waals surface area contributed by atoms with Gasteiger partial charge in [-0.1, -0.05) is 6.07 Å². The number of aromatic nitrogens is 1. The quantitative estimate of drug-likeness (QED) is 0.626. The summed E-state index contributed by atoms with van der Waals surface area (Å²) in [7, 11) is 1.51. The summed E-state index contributed by atoms with van der Waals surface area (Å²) >= 11 is 0. The standard InChI is InChI=1S/C26H29F4N5O2/c1-15-9-18(26(28,29)30)11-21(32-15)35-22(36)10-17-14-34(13-16-5-4-8-31-12-16)24-19(27)6-3-7-20(24)33(2)25(37)23(17)35/h3,6-7,9,11,16-17,23,31H,4-5,8,10,12-14H2,1-2H3/t16?,17-,23+/m1/s1. The van der Waals surface area contributed by atoms with E-state index in [1.807, 2.05) is 4.90 Å². The summed E-state index contributed by atoms with van der Waals surface area (Å²) in [5, 5.41) is 3.36. The normalized spacial score (nSPS) is 24.6. The highest BCUT2D eigenvalue weighted by Gasteiger charge is 2.49. The van der Waals surface area contributed by atoms with Crippen LogP contribution in [0, 0.1) is 24.6 Å². The van der Waals surface area contributed by atoms with Crippen LogP contribution in [0.25, 0.3) is 0 Å². The molecular weight excluding hydrogens is 490 g/mol. The Bertz CT molecular complexity index is 1210. The molecule has 1 aromatic heterocycles. The number of nitrogens with zero attached hydrogens (tertiary/aromatic N) is 4. The number of carbonyl (C=O) groups excluding carboxylic acids is 2. The number of anilines is 3. The van der Waals surface area contributed by atoms with Crippen molar-refractivity contribution in [1.82, 2.24) is 10.3 Å². The Morgan fingerprint density at radius 3 is 2.68 bits per heavy atom. The van der Waals surface area contributed by atoms with Crippen LogP contribution in [0.3, 0.4) is 0 Å². The van der Waals surface area contributed by atoms with Crippen LogP contribution in [-0.4, -0.2) is 56.1 Å². The van der Waals surface area contributed by atoms with Crippen LogP contribution in [0.4, 0.5) is 34.8 Å². The lowest BCUT2D eigenvalue weighted by molar-refractivity contribution is -0.137. The highest BCUT2D eigenvalue weighted by molar-refractivity contribution is 6.10. The van der Waals surface area contributed by atoms with Crippen LogP contribution in [0.2, 0.25) is 0 Å². The molecule has 0 saturated carbocycles. The molecule has 0 spiro atoms. The van der Waals surface area contributed by atoms with Gasteiger partial charge in [-0.2, -0.15) is 13.2 Å². The second kappa shape index (κ2) is 9.59. The minimum Gasteiger partial charge on any atom is -0.367 e. The fourth-order valence-electron chi connectivity index (χ4n) is 5.82. The number of rotatable bonds is 3. The summed E-state index contributed by atoms with van der Waals surface area (Å²) in [6.45, 7) is 3.87. The molecule has 1 aromatic carbocycles. The smallest absolute Gasteiger partial charge is 0.367 e. The molecule has 2 amide bonds. The second-order valence-corrected chi connectivity index (χ2v) is 10.1. The Morgan fingerprint density at radius 2 is 1.97 bits per heavy atom. The molecule has 3 atom stereocenters.